The van der Waals surface area contributed by atoms with E-state index in [1.54, 1.807) is 18.6 Å². The van der Waals surface area contributed by atoms with Gasteiger partial charge in [0, 0.05) is 65.7 Å². The summed E-state index contributed by atoms with van der Waals surface area (Å²) in [6, 6.07) is 8.32. The Morgan fingerprint density at radius 1 is 0.925 bits per heavy atom. The van der Waals surface area contributed by atoms with E-state index in [0.29, 0.717) is 23.7 Å². The zero-order chi connectivity index (χ0) is 26.9. The summed E-state index contributed by atoms with van der Waals surface area (Å²) in [6.45, 7) is 2.15. The van der Waals surface area contributed by atoms with Crippen molar-refractivity contribution in [2.45, 2.75) is 57.8 Å². The average molecular weight is 535 g/mol. The monoisotopic (exact) mass is 534 g/mol. The second kappa shape index (κ2) is 10.7. The summed E-state index contributed by atoms with van der Waals surface area (Å²) in [4.78, 5) is 32.3. The van der Waals surface area contributed by atoms with Gasteiger partial charge in [-0.05, 0) is 62.3 Å². The first kappa shape index (κ1) is 24.7. The van der Waals surface area contributed by atoms with E-state index >= 15 is 0 Å². The number of aromatic nitrogens is 6. The standard InChI is InChI=1S/C31H34N8O/c40-28(13-20-7-3-1-4-8-20)35-23-14-21(17-32-19-23)22-15-25-29(37-38-31(25)34-18-22)26-16-24-27(9-10-33-30(24)36-26)39-11-5-2-6-12-39/h9-10,14-20H,1-8,11-13H2,(H,33,36)(H,35,40)(H,34,37,38). The molecule has 204 valence electrons. The van der Waals surface area contributed by atoms with Gasteiger partial charge in [-0.1, -0.05) is 19.3 Å². The maximum Gasteiger partial charge on any atom is 0.224 e. The fourth-order valence-corrected chi connectivity index (χ4v) is 6.35. The Hall–Kier alpha value is -4.27. The van der Waals surface area contributed by atoms with E-state index in [4.69, 9.17) is 0 Å². The molecule has 5 aromatic rings. The third kappa shape index (κ3) is 4.92. The largest absolute Gasteiger partial charge is 0.371 e. The lowest BCUT2D eigenvalue weighted by Crippen LogP contribution is -2.29. The van der Waals surface area contributed by atoms with Crippen LogP contribution >= 0.6 is 0 Å². The average Bonchev–Trinajstić information content (AvgIpc) is 3.62. The molecule has 0 aromatic carbocycles. The summed E-state index contributed by atoms with van der Waals surface area (Å²) < 4.78 is 0. The highest BCUT2D eigenvalue weighted by Crippen LogP contribution is 2.34. The molecule has 0 atom stereocenters. The van der Waals surface area contributed by atoms with Crippen LogP contribution in [0, 0.1) is 5.92 Å². The van der Waals surface area contributed by atoms with E-state index < -0.39 is 0 Å². The van der Waals surface area contributed by atoms with Crippen LogP contribution in [0.3, 0.4) is 0 Å². The van der Waals surface area contributed by atoms with Crippen LogP contribution in [0.25, 0.3) is 44.6 Å². The van der Waals surface area contributed by atoms with Gasteiger partial charge in [0.05, 0.1) is 23.3 Å². The number of rotatable bonds is 6. The van der Waals surface area contributed by atoms with Crippen LogP contribution < -0.4 is 10.2 Å². The van der Waals surface area contributed by atoms with Gasteiger partial charge in [0.25, 0.3) is 0 Å². The number of anilines is 2. The molecule has 9 heteroatoms. The van der Waals surface area contributed by atoms with Crippen molar-refractivity contribution in [2.24, 2.45) is 5.92 Å². The molecule has 6 heterocycles. The highest BCUT2D eigenvalue weighted by molar-refractivity contribution is 5.99. The molecule has 2 fully saturated rings. The van der Waals surface area contributed by atoms with Crippen molar-refractivity contribution in [1.82, 2.24) is 30.1 Å². The number of aromatic amines is 2. The predicted octanol–water partition coefficient (Wildman–Crippen LogP) is 6.46. The van der Waals surface area contributed by atoms with E-state index in [1.807, 2.05) is 12.3 Å². The first-order chi connectivity index (χ1) is 19.7. The molecule has 1 aliphatic carbocycles. The van der Waals surface area contributed by atoms with Gasteiger partial charge in [-0.3, -0.25) is 14.9 Å². The van der Waals surface area contributed by atoms with Gasteiger partial charge in [-0.15, -0.1) is 0 Å². The number of H-pyrrole nitrogens is 2. The van der Waals surface area contributed by atoms with E-state index in [-0.39, 0.29) is 5.91 Å². The molecule has 0 bridgehead atoms. The number of amides is 1. The summed E-state index contributed by atoms with van der Waals surface area (Å²) in [5.41, 5.74) is 7.04. The molecule has 40 heavy (non-hydrogen) atoms. The molecular weight excluding hydrogens is 500 g/mol. The number of hydrogen-bond donors (Lipinski definition) is 3. The smallest absolute Gasteiger partial charge is 0.224 e. The van der Waals surface area contributed by atoms with Crippen LogP contribution in [0.5, 0.6) is 0 Å². The minimum Gasteiger partial charge on any atom is -0.371 e. The van der Waals surface area contributed by atoms with E-state index in [9.17, 15) is 4.79 Å². The van der Waals surface area contributed by atoms with Crippen molar-refractivity contribution in [3.05, 3.63) is 49.1 Å². The van der Waals surface area contributed by atoms with Gasteiger partial charge in [-0.2, -0.15) is 5.10 Å². The van der Waals surface area contributed by atoms with Gasteiger partial charge in [0.2, 0.25) is 5.91 Å². The molecule has 9 nitrogen and oxygen atoms in total. The number of nitrogens with zero attached hydrogens (tertiary/aromatic N) is 5. The topological polar surface area (TPSA) is 115 Å². The Morgan fingerprint density at radius 2 is 1.75 bits per heavy atom. The van der Waals surface area contributed by atoms with Crippen molar-refractivity contribution in [2.75, 3.05) is 23.3 Å². The summed E-state index contributed by atoms with van der Waals surface area (Å²) in [5.74, 6) is 0.555. The summed E-state index contributed by atoms with van der Waals surface area (Å²) in [5, 5.41) is 12.7. The van der Waals surface area contributed by atoms with Gasteiger partial charge in [0.1, 0.15) is 5.65 Å². The molecule has 1 saturated heterocycles. The first-order valence-electron chi connectivity index (χ1n) is 14.5. The molecule has 7 rings (SSSR count). The van der Waals surface area contributed by atoms with Crippen LogP contribution in [-0.4, -0.2) is 49.1 Å². The number of carbonyl (C=O) groups is 1. The van der Waals surface area contributed by atoms with E-state index in [0.717, 1.165) is 64.9 Å². The number of carbonyl (C=O) groups excluding carboxylic acids is 1. The van der Waals surface area contributed by atoms with Crippen molar-refractivity contribution in [1.29, 1.82) is 0 Å². The summed E-state index contributed by atoms with van der Waals surface area (Å²) >= 11 is 0. The Balaban J connectivity index is 1.17. The van der Waals surface area contributed by atoms with E-state index in [1.165, 1.54) is 44.2 Å². The Morgan fingerprint density at radius 3 is 2.62 bits per heavy atom. The molecule has 1 saturated carbocycles. The molecule has 1 amide bonds. The number of nitrogens with one attached hydrogen (secondary N) is 3. The molecule has 0 radical (unpaired) electrons. The highest BCUT2D eigenvalue weighted by Gasteiger charge is 2.19. The molecule has 0 spiro atoms. The van der Waals surface area contributed by atoms with Crippen LogP contribution in [0.15, 0.2) is 49.1 Å². The van der Waals surface area contributed by atoms with Gasteiger partial charge >= 0.3 is 0 Å². The Labute approximate surface area is 232 Å². The lowest BCUT2D eigenvalue weighted by atomic mass is 9.87. The normalized spacial score (nSPS) is 16.6. The SMILES string of the molecule is O=C(CC1CCCCC1)Nc1cncc(-c2cnc3n[nH]c(-c4cc5c(N6CCCCC6)ccnc5[nH]4)c3c2)c1. The molecule has 5 aromatic heterocycles. The van der Waals surface area contributed by atoms with Crippen molar-refractivity contribution < 1.29 is 4.79 Å². The molecule has 3 N–H and O–H groups in total. The Bertz CT molecular complexity index is 1660. The van der Waals surface area contributed by atoms with Crippen molar-refractivity contribution in [3.8, 4) is 22.5 Å². The first-order valence-corrected chi connectivity index (χ1v) is 14.5. The highest BCUT2D eigenvalue weighted by atomic mass is 16.1. The van der Waals surface area contributed by atoms with E-state index in [2.05, 4.69) is 58.5 Å². The minimum absolute atomic E-state index is 0.0629. The lowest BCUT2D eigenvalue weighted by molar-refractivity contribution is -0.117. The van der Waals surface area contributed by atoms with Crippen LogP contribution in [0.2, 0.25) is 0 Å². The fourth-order valence-electron chi connectivity index (χ4n) is 6.35. The molecule has 2 aliphatic rings. The van der Waals surface area contributed by atoms with Gasteiger partial charge < -0.3 is 15.2 Å². The zero-order valence-electron chi connectivity index (χ0n) is 22.6. The minimum atomic E-state index is 0.0629. The number of piperidine rings is 1. The van der Waals surface area contributed by atoms with Crippen molar-refractivity contribution >= 4 is 39.3 Å². The quantitative estimate of drug-likeness (QED) is 0.230. The van der Waals surface area contributed by atoms with Crippen LogP contribution in [0.4, 0.5) is 11.4 Å². The number of fused-ring (bicyclic) bond motifs is 2. The number of hydrogen-bond acceptors (Lipinski definition) is 6. The zero-order valence-corrected chi connectivity index (χ0v) is 22.6. The lowest BCUT2D eigenvalue weighted by Gasteiger charge is -2.29. The third-order valence-corrected chi connectivity index (χ3v) is 8.44. The predicted molar refractivity (Wildman–Crippen MR) is 158 cm³/mol. The van der Waals surface area contributed by atoms with Gasteiger partial charge in [-0.25, -0.2) is 9.97 Å². The summed E-state index contributed by atoms with van der Waals surface area (Å²) in [6.07, 6.45) is 17.6. The molecule has 0 unspecified atom stereocenters. The van der Waals surface area contributed by atoms with Gasteiger partial charge in [0.15, 0.2) is 5.65 Å². The van der Waals surface area contributed by atoms with Crippen molar-refractivity contribution in [3.63, 3.8) is 0 Å². The third-order valence-electron chi connectivity index (χ3n) is 8.44. The maximum absolute atomic E-state index is 12.7. The fraction of sp³-hybridized carbons (Fsp3) is 0.387. The van der Waals surface area contributed by atoms with Crippen LogP contribution in [0.1, 0.15) is 57.8 Å². The molecule has 1 aliphatic heterocycles. The molecular formula is C31H34N8O. The Kier molecular flexibility index (Phi) is 6.63. The summed E-state index contributed by atoms with van der Waals surface area (Å²) in [7, 11) is 0. The number of pyridine rings is 3. The second-order valence-electron chi connectivity index (χ2n) is 11.2. The van der Waals surface area contributed by atoms with Crippen LogP contribution in [-0.2, 0) is 4.79 Å². The second-order valence-corrected chi connectivity index (χ2v) is 11.2. The maximum atomic E-state index is 12.7.